The average Bonchev–Trinajstić information content (AvgIpc) is 2.39. The van der Waals surface area contributed by atoms with Crippen LogP contribution in [0, 0.1) is 0 Å². The fraction of sp³-hybridized carbons (Fsp3) is 0.167. The lowest BCUT2D eigenvalue weighted by molar-refractivity contribution is 0.223. The summed E-state index contributed by atoms with van der Waals surface area (Å²) in [4.78, 5) is 16.7. The molecule has 0 spiro atoms. The molecule has 0 atom stereocenters. The van der Waals surface area contributed by atoms with Gasteiger partial charge in [-0.05, 0) is 5.56 Å². The van der Waals surface area contributed by atoms with E-state index in [1.54, 1.807) is 7.05 Å². The first-order valence-corrected chi connectivity index (χ1v) is 5.35. The Bertz CT molecular complexity index is 455. The van der Waals surface area contributed by atoms with Gasteiger partial charge in [0.25, 0.3) is 0 Å². The predicted octanol–water partition coefficient (Wildman–Crippen LogP) is 0.748. The van der Waals surface area contributed by atoms with E-state index < -0.39 is 6.03 Å². The first-order chi connectivity index (χ1) is 8.56. The summed E-state index contributed by atoms with van der Waals surface area (Å²) in [5.74, 6) is 0.0663. The van der Waals surface area contributed by atoms with E-state index in [1.165, 1.54) is 11.9 Å². The van der Waals surface area contributed by atoms with Crippen LogP contribution in [0.25, 0.3) is 5.70 Å². The molecule has 0 heterocycles. The number of amides is 2. The Balaban J connectivity index is 2.77. The van der Waals surface area contributed by atoms with Gasteiger partial charge < -0.3 is 5.73 Å². The summed E-state index contributed by atoms with van der Waals surface area (Å²) in [6, 6.07) is 8.99. The van der Waals surface area contributed by atoms with Crippen LogP contribution in [0.5, 0.6) is 0 Å². The summed E-state index contributed by atoms with van der Waals surface area (Å²) < 4.78 is 0. The maximum absolute atomic E-state index is 11.5. The number of hydrogen-bond acceptors (Lipinski definition) is 3. The van der Waals surface area contributed by atoms with Crippen molar-refractivity contribution in [3.63, 3.8) is 0 Å². The van der Waals surface area contributed by atoms with Crippen LogP contribution in [0.3, 0.4) is 0 Å². The van der Waals surface area contributed by atoms with Gasteiger partial charge >= 0.3 is 6.03 Å². The fourth-order valence-corrected chi connectivity index (χ4v) is 1.20. The quantitative estimate of drug-likeness (QED) is 0.418. The standard InChI is InChI=1S/C12H17N5O/c1-9(10-7-5-4-6-8-10)15-11(13)17(3)12(18)16-14-2/h4-8,14H,1H2,2-3H3,(H2,13,15)(H,16,18). The van der Waals surface area contributed by atoms with Crippen molar-refractivity contribution in [2.75, 3.05) is 14.1 Å². The zero-order chi connectivity index (χ0) is 13.5. The van der Waals surface area contributed by atoms with Crippen LogP contribution in [0.1, 0.15) is 5.56 Å². The number of rotatable bonds is 3. The molecule has 0 saturated carbocycles. The van der Waals surface area contributed by atoms with Gasteiger partial charge in [0.15, 0.2) is 0 Å². The first kappa shape index (κ1) is 13.7. The molecule has 0 aliphatic heterocycles. The lowest BCUT2D eigenvalue weighted by atomic mass is 10.2. The summed E-state index contributed by atoms with van der Waals surface area (Å²) in [6.07, 6.45) is 0. The van der Waals surface area contributed by atoms with E-state index in [1.807, 2.05) is 30.3 Å². The van der Waals surface area contributed by atoms with Crippen LogP contribution in [0.2, 0.25) is 0 Å². The van der Waals surface area contributed by atoms with E-state index in [2.05, 4.69) is 22.4 Å². The molecule has 0 fully saturated rings. The Morgan fingerprint density at radius 2 is 2.00 bits per heavy atom. The Labute approximate surface area is 106 Å². The SMILES string of the molecule is C=C(/N=C(/N)N(C)C(=O)NNC)c1ccccc1. The third-order valence-electron chi connectivity index (χ3n) is 2.24. The normalized spacial score (nSPS) is 10.9. The second-order valence-electron chi connectivity index (χ2n) is 3.52. The van der Waals surface area contributed by atoms with Crippen molar-refractivity contribution in [2.24, 2.45) is 10.7 Å². The van der Waals surface area contributed by atoms with Gasteiger partial charge in [0.1, 0.15) is 0 Å². The van der Waals surface area contributed by atoms with Crippen LogP contribution in [0.4, 0.5) is 4.79 Å². The molecule has 96 valence electrons. The van der Waals surface area contributed by atoms with Crippen LogP contribution in [-0.4, -0.2) is 31.0 Å². The number of nitrogens with one attached hydrogen (secondary N) is 2. The van der Waals surface area contributed by atoms with Crippen LogP contribution in [-0.2, 0) is 0 Å². The van der Waals surface area contributed by atoms with Gasteiger partial charge in [0, 0.05) is 14.1 Å². The van der Waals surface area contributed by atoms with E-state index in [0.717, 1.165) is 5.56 Å². The number of guanidine groups is 1. The van der Waals surface area contributed by atoms with Crippen molar-refractivity contribution in [3.05, 3.63) is 42.5 Å². The summed E-state index contributed by atoms with van der Waals surface area (Å²) in [7, 11) is 3.10. The smallest absolute Gasteiger partial charge is 0.338 e. The highest BCUT2D eigenvalue weighted by Crippen LogP contribution is 2.12. The molecule has 1 aromatic rings. The molecule has 4 N–H and O–H groups in total. The topological polar surface area (TPSA) is 82.8 Å². The van der Waals surface area contributed by atoms with Crippen molar-refractivity contribution >= 4 is 17.7 Å². The minimum Gasteiger partial charge on any atom is -0.369 e. The predicted molar refractivity (Wildman–Crippen MR) is 72.5 cm³/mol. The molecule has 0 bridgehead atoms. The Kier molecular flexibility index (Phi) is 4.89. The minimum absolute atomic E-state index is 0.0663. The van der Waals surface area contributed by atoms with Gasteiger partial charge in [0.2, 0.25) is 5.96 Å². The van der Waals surface area contributed by atoms with E-state index in [-0.39, 0.29) is 5.96 Å². The van der Waals surface area contributed by atoms with Gasteiger partial charge in [-0.25, -0.2) is 15.2 Å². The van der Waals surface area contributed by atoms with Crippen LogP contribution < -0.4 is 16.6 Å². The molecule has 18 heavy (non-hydrogen) atoms. The number of hydrogen-bond donors (Lipinski definition) is 3. The first-order valence-electron chi connectivity index (χ1n) is 5.35. The van der Waals surface area contributed by atoms with E-state index in [4.69, 9.17) is 5.73 Å². The molecule has 1 aromatic carbocycles. The van der Waals surface area contributed by atoms with Gasteiger partial charge in [-0.2, -0.15) is 0 Å². The van der Waals surface area contributed by atoms with Crippen LogP contribution in [0.15, 0.2) is 41.9 Å². The van der Waals surface area contributed by atoms with Crippen molar-refractivity contribution in [2.45, 2.75) is 0 Å². The fourth-order valence-electron chi connectivity index (χ4n) is 1.20. The molecule has 0 unspecified atom stereocenters. The maximum Gasteiger partial charge on any atom is 0.338 e. The molecule has 0 radical (unpaired) electrons. The monoisotopic (exact) mass is 247 g/mol. The molecular weight excluding hydrogens is 230 g/mol. The molecule has 6 nitrogen and oxygen atoms in total. The summed E-state index contributed by atoms with van der Waals surface area (Å²) >= 11 is 0. The number of aliphatic imine (C=N–C) groups is 1. The maximum atomic E-state index is 11.5. The number of nitrogens with two attached hydrogens (primary N) is 1. The number of nitrogens with zero attached hydrogens (tertiary/aromatic N) is 2. The molecule has 0 aliphatic rings. The summed E-state index contributed by atoms with van der Waals surface area (Å²) in [5.41, 5.74) is 12.0. The Hall–Kier alpha value is -2.34. The number of urea groups is 1. The lowest BCUT2D eigenvalue weighted by Gasteiger charge is -2.16. The number of carbonyl (C=O) groups is 1. The zero-order valence-corrected chi connectivity index (χ0v) is 10.5. The molecule has 2 amide bonds. The zero-order valence-electron chi connectivity index (χ0n) is 10.5. The van der Waals surface area contributed by atoms with Gasteiger partial charge in [-0.1, -0.05) is 36.9 Å². The van der Waals surface area contributed by atoms with E-state index in [0.29, 0.717) is 5.70 Å². The molecule has 1 rings (SSSR count). The largest absolute Gasteiger partial charge is 0.369 e. The average molecular weight is 247 g/mol. The lowest BCUT2D eigenvalue weighted by Crippen LogP contribution is -2.48. The van der Waals surface area contributed by atoms with Crippen LogP contribution >= 0.6 is 0 Å². The highest BCUT2D eigenvalue weighted by molar-refractivity contribution is 5.97. The molecular formula is C12H17N5O. The summed E-state index contributed by atoms with van der Waals surface area (Å²) in [5, 5.41) is 0. The van der Waals surface area contributed by atoms with Gasteiger partial charge in [-0.3, -0.25) is 10.3 Å². The molecule has 0 aromatic heterocycles. The van der Waals surface area contributed by atoms with Crippen molar-refractivity contribution in [1.29, 1.82) is 0 Å². The minimum atomic E-state index is -0.403. The second-order valence-corrected chi connectivity index (χ2v) is 3.52. The van der Waals surface area contributed by atoms with Gasteiger partial charge in [0.05, 0.1) is 5.70 Å². The van der Waals surface area contributed by atoms with Crippen molar-refractivity contribution in [1.82, 2.24) is 15.8 Å². The van der Waals surface area contributed by atoms with Crippen molar-refractivity contribution in [3.8, 4) is 0 Å². The van der Waals surface area contributed by atoms with Gasteiger partial charge in [-0.15, -0.1) is 0 Å². The Morgan fingerprint density at radius 1 is 1.39 bits per heavy atom. The highest BCUT2D eigenvalue weighted by atomic mass is 16.2. The highest BCUT2D eigenvalue weighted by Gasteiger charge is 2.11. The van der Waals surface area contributed by atoms with E-state index in [9.17, 15) is 4.79 Å². The third kappa shape index (κ3) is 3.60. The molecule has 6 heteroatoms. The third-order valence-corrected chi connectivity index (χ3v) is 2.24. The number of carbonyl (C=O) groups excluding carboxylic acids is 1. The number of benzene rings is 1. The Morgan fingerprint density at radius 3 is 2.56 bits per heavy atom. The second kappa shape index (κ2) is 6.41. The molecule has 0 aliphatic carbocycles. The van der Waals surface area contributed by atoms with E-state index >= 15 is 0 Å². The summed E-state index contributed by atoms with van der Waals surface area (Å²) in [6.45, 7) is 3.81. The van der Waals surface area contributed by atoms with Crippen molar-refractivity contribution < 1.29 is 4.79 Å². The number of hydrazine groups is 1. The molecule has 0 saturated heterocycles.